The Balaban J connectivity index is 2.25. The summed E-state index contributed by atoms with van der Waals surface area (Å²) in [5.74, 6) is -0.323. The first-order valence-corrected chi connectivity index (χ1v) is 6.34. The van der Waals surface area contributed by atoms with Gasteiger partial charge in [0, 0.05) is 18.7 Å². The number of non-ortho nitro benzene ring substituents is 1. The number of nitro groups is 1. The van der Waals surface area contributed by atoms with Gasteiger partial charge in [-0.3, -0.25) is 24.6 Å². The molecule has 0 atom stereocenters. The maximum absolute atomic E-state index is 11.8. The second-order valence-electron chi connectivity index (χ2n) is 3.77. The van der Waals surface area contributed by atoms with E-state index in [-0.39, 0.29) is 16.8 Å². The fourth-order valence-corrected chi connectivity index (χ4v) is 2.52. The molecule has 1 aromatic carbocycles. The summed E-state index contributed by atoms with van der Waals surface area (Å²) < 4.78 is 0. The summed E-state index contributed by atoms with van der Waals surface area (Å²) in [6, 6.07) is 5.79. The van der Waals surface area contributed by atoms with E-state index in [1.165, 1.54) is 24.3 Å². The average Bonchev–Trinajstić information content (AvgIpc) is 2.64. The van der Waals surface area contributed by atoms with Crippen LogP contribution in [0.2, 0.25) is 0 Å². The van der Waals surface area contributed by atoms with E-state index in [9.17, 15) is 19.7 Å². The number of carbonyl (C=O) groups excluding carboxylic acids is 2. The molecule has 1 aromatic rings. The third kappa shape index (κ3) is 2.65. The number of nitro benzene ring substituents is 1. The van der Waals surface area contributed by atoms with Gasteiger partial charge in [0.25, 0.3) is 16.8 Å². The van der Waals surface area contributed by atoms with E-state index < -0.39 is 4.92 Å². The molecule has 1 heterocycles. The minimum absolute atomic E-state index is 0.0150. The number of nitrogens with zero attached hydrogens (tertiary/aromatic N) is 2. The van der Waals surface area contributed by atoms with Gasteiger partial charge in [-0.05, 0) is 42.5 Å². The SMILES string of the molecule is CCN1C(=O)S/C(=C\c2ccc([N+](=O)[O-])cc2)C1=O. The highest BCUT2D eigenvalue weighted by Crippen LogP contribution is 2.32. The Kier molecular flexibility index (Phi) is 3.66. The Bertz CT molecular complexity index is 580. The third-order valence-corrected chi connectivity index (χ3v) is 3.50. The number of hydrogen-bond acceptors (Lipinski definition) is 5. The lowest BCUT2D eigenvalue weighted by Gasteiger charge is -2.06. The largest absolute Gasteiger partial charge is 0.293 e. The van der Waals surface area contributed by atoms with E-state index in [1.54, 1.807) is 13.0 Å². The lowest BCUT2D eigenvalue weighted by molar-refractivity contribution is -0.384. The number of thioether (sulfide) groups is 1. The van der Waals surface area contributed by atoms with Crippen LogP contribution in [0.1, 0.15) is 12.5 Å². The van der Waals surface area contributed by atoms with Gasteiger partial charge in [-0.15, -0.1) is 0 Å². The van der Waals surface area contributed by atoms with Crippen LogP contribution in [0.15, 0.2) is 29.2 Å². The van der Waals surface area contributed by atoms with Gasteiger partial charge in [-0.1, -0.05) is 0 Å². The number of hydrogen-bond donors (Lipinski definition) is 0. The average molecular weight is 278 g/mol. The van der Waals surface area contributed by atoms with Gasteiger partial charge in [0.1, 0.15) is 0 Å². The van der Waals surface area contributed by atoms with E-state index in [0.29, 0.717) is 17.0 Å². The molecule has 1 aliphatic heterocycles. The predicted molar refractivity (Wildman–Crippen MR) is 71.4 cm³/mol. The van der Waals surface area contributed by atoms with Crippen molar-refractivity contribution in [3.8, 4) is 0 Å². The number of benzene rings is 1. The molecule has 1 aliphatic rings. The van der Waals surface area contributed by atoms with Crippen molar-refractivity contribution in [2.45, 2.75) is 6.92 Å². The molecule has 0 unspecified atom stereocenters. The standard InChI is InChI=1S/C12H10N2O4S/c1-2-13-11(15)10(19-12(13)16)7-8-3-5-9(6-4-8)14(17)18/h3-7H,2H2,1H3/b10-7-. The molecule has 0 spiro atoms. The molecule has 0 saturated carbocycles. The Morgan fingerprint density at radius 3 is 2.42 bits per heavy atom. The molecular weight excluding hydrogens is 268 g/mol. The van der Waals surface area contributed by atoms with Crippen LogP contribution in [-0.2, 0) is 4.79 Å². The van der Waals surface area contributed by atoms with Crippen molar-refractivity contribution in [3.63, 3.8) is 0 Å². The fraction of sp³-hybridized carbons (Fsp3) is 0.167. The summed E-state index contributed by atoms with van der Waals surface area (Å²) in [5.41, 5.74) is 0.631. The summed E-state index contributed by atoms with van der Waals surface area (Å²) in [7, 11) is 0. The quantitative estimate of drug-likeness (QED) is 0.482. The van der Waals surface area contributed by atoms with E-state index in [1.807, 2.05) is 0 Å². The first-order valence-electron chi connectivity index (χ1n) is 5.52. The number of imide groups is 1. The molecule has 0 bridgehead atoms. The molecule has 0 aromatic heterocycles. The van der Waals surface area contributed by atoms with Crippen molar-refractivity contribution >= 4 is 34.7 Å². The summed E-state index contributed by atoms with van der Waals surface area (Å²) in [5, 5.41) is 10.2. The number of carbonyl (C=O) groups is 2. The lowest BCUT2D eigenvalue weighted by Crippen LogP contribution is -2.27. The topological polar surface area (TPSA) is 80.5 Å². The van der Waals surface area contributed by atoms with Crippen LogP contribution < -0.4 is 0 Å². The molecule has 2 amide bonds. The molecule has 19 heavy (non-hydrogen) atoms. The van der Waals surface area contributed by atoms with E-state index in [2.05, 4.69) is 0 Å². The highest BCUT2D eigenvalue weighted by molar-refractivity contribution is 8.18. The normalized spacial score (nSPS) is 17.3. The summed E-state index contributed by atoms with van der Waals surface area (Å²) in [4.78, 5) is 34.8. The molecule has 1 fully saturated rings. The zero-order valence-corrected chi connectivity index (χ0v) is 10.8. The molecule has 7 heteroatoms. The molecule has 98 valence electrons. The summed E-state index contributed by atoms with van der Waals surface area (Å²) in [6.07, 6.45) is 1.56. The molecular formula is C12H10N2O4S. The molecule has 0 N–H and O–H groups in total. The van der Waals surface area contributed by atoms with Crippen LogP contribution in [-0.4, -0.2) is 27.5 Å². The third-order valence-electron chi connectivity index (χ3n) is 2.59. The lowest BCUT2D eigenvalue weighted by atomic mass is 10.2. The maximum Gasteiger partial charge on any atom is 0.293 e. The molecule has 6 nitrogen and oxygen atoms in total. The van der Waals surface area contributed by atoms with Gasteiger partial charge in [-0.2, -0.15) is 0 Å². The molecule has 0 aliphatic carbocycles. The monoisotopic (exact) mass is 278 g/mol. The molecule has 2 rings (SSSR count). The van der Waals surface area contributed by atoms with Gasteiger partial charge in [-0.25, -0.2) is 0 Å². The van der Waals surface area contributed by atoms with Crippen molar-refractivity contribution in [3.05, 3.63) is 44.8 Å². The van der Waals surface area contributed by atoms with Crippen LogP contribution in [0, 0.1) is 10.1 Å². The highest BCUT2D eigenvalue weighted by Gasteiger charge is 2.33. The predicted octanol–water partition coefficient (Wildman–Crippen LogP) is 2.65. The van der Waals surface area contributed by atoms with Crippen LogP contribution in [0.4, 0.5) is 10.5 Å². The van der Waals surface area contributed by atoms with Gasteiger partial charge in [0.2, 0.25) is 0 Å². The minimum atomic E-state index is -0.491. The van der Waals surface area contributed by atoms with Gasteiger partial charge >= 0.3 is 0 Å². The molecule has 0 radical (unpaired) electrons. The van der Waals surface area contributed by atoms with Gasteiger partial charge in [0.15, 0.2) is 0 Å². The Morgan fingerprint density at radius 1 is 1.32 bits per heavy atom. The van der Waals surface area contributed by atoms with E-state index >= 15 is 0 Å². The van der Waals surface area contributed by atoms with Crippen molar-refractivity contribution in [2.24, 2.45) is 0 Å². The van der Waals surface area contributed by atoms with Crippen molar-refractivity contribution < 1.29 is 14.5 Å². The van der Waals surface area contributed by atoms with Crippen LogP contribution >= 0.6 is 11.8 Å². The van der Waals surface area contributed by atoms with E-state index in [4.69, 9.17) is 0 Å². The zero-order chi connectivity index (χ0) is 14.0. The van der Waals surface area contributed by atoms with Gasteiger partial charge < -0.3 is 0 Å². The second kappa shape index (κ2) is 5.23. The first kappa shape index (κ1) is 13.3. The van der Waals surface area contributed by atoms with E-state index in [0.717, 1.165) is 16.7 Å². The highest BCUT2D eigenvalue weighted by atomic mass is 32.2. The Labute approximate surface area is 113 Å². The van der Waals surface area contributed by atoms with Crippen molar-refractivity contribution in [1.29, 1.82) is 0 Å². The van der Waals surface area contributed by atoms with Gasteiger partial charge in [0.05, 0.1) is 9.83 Å². The maximum atomic E-state index is 11.8. The second-order valence-corrected chi connectivity index (χ2v) is 4.77. The number of likely N-dealkylation sites (N-methyl/N-ethyl adjacent to an activating group) is 1. The van der Waals surface area contributed by atoms with Crippen molar-refractivity contribution in [2.75, 3.05) is 6.54 Å². The zero-order valence-electron chi connectivity index (χ0n) is 10.0. The summed E-state index contributed by atoms with van der Waals surface area (Å²) in [6.45, 7) is 2.06. The summed E-state index contributed by atoms with van der Waals surface area (Å²) >= 11 is 0.876. The fourth-order valence-electron chi connectivity index (χ4n) is 1.62. The minimum Gasteiger partial charge on any atom is -0.269 e. The number of amides is 2. The smallest absolute Gasteiger partial charge is 0.269 e. The van der Waals surface area contributed by atoms with Crippen molar-refractivity contribution in [1.82, 2.24) is 4.90 Å². The van der Waals surface area contributed by atoms with Crippen LogP contribution in [0.25, 0.3) is 6.08 Å². The van der Waals surface area contributed by atoms with Crippen LogP contribution in [0.3, 0.4) is 0 Å². The van der Waals surface area contributed by atoms with Crippen LogP contribution in [0.5, 0.6) is 0 Å². The Hall–Kier alpha value is -2.15. The number of rotatable bonds is 3. The molecule has 1 saturated heterocycles. The first-order chi connectivity index (χ1) is 9.02. The Morgan fingerprint density at radius 2 is 1.95 bits per heavy atom.